The second-order valence-electron chi connectivity index (χ2n) is 7.36. The number of carbonyl (C=O) groups is 1. The van der Waals surface area contributed by atoms with Crippen LogP contribution in [-0.2, 0) is 0 Å². The molecule has 3 aromatic rings. The molecule has 1 N–H and O–H groups in total. The summed E-state index contributed by atoms with van der Waals surface area (Å²) < 4.78 is 4.20. The number of hydrogen-bond acceptors (Lipinski definition) is 6. The van der Waals surface area contributed by atoms with E-state index in [1.165, 1.54) is 43.8 Å². The third kappa shape index (κ3) is 2.99. The molecular formula is C18H21N7OS. The SMILES string of the molecule is Cc1cc(C(=O)CSc2nnc(C3CC3)n2C2CC2)c(C)n1-c1ncn[nH]1. The van der Waals surface area contributed by atoms with Crippen LogP contribution in [0.25, 0.3) is 5.95 Å². The van der Waals surface area contributed by atoms with Crippen LogP contribution in [-0.4, -0.2) is 46.0 Å². The zero-order chi connectivity index (χ0) is 18.5. The lowest BCUT2D eigenvalue weighted by molar-refractivity contribution is 0.102. The maximum atomic E-state index is 12.9. The van der Waals surface area contributed by atoms with Crippen LogP contribution in [0.2, 0.25) is 0 Å². The van der Waals surface area contributed by atoms with Crippen molar-refractivity contribution < 1.29 is 4.79 Å². The summed E-state index contributed by atoms with van der Waals surface area (Å²) in [7, 11) is 0. The lowest BCUT2D eigenvalue weighted by Gasteiger charge is -2.08. The zero-order valence-electron chi connectivity index (χ0n) is 15.3. The number of H-pyrrole nitrogens is 1. The van der Waals surface area contributed by atoms with E-state index in [4.69, 9.17) is 0 Å². The monoisotopic (exact) mass is 383 g/mol. The predicted molar refractivity (Wildman–Crippen MR) is 101 cm³/mol. The quantitative estimate of drug-likeness (QED) is 0.498. The fourth-order valence-corrected chi connectivity index (χ4v) is 4.46. The number of thioether (sulfide) groups is 1. The molecule has 0 aromatic carbocycles. The molecule has 3 heterocycles. The normalized spacial score (nSPS) is 16.8. The minimum absolute atomic E-state index is 0.0946. The van der Waals surface area contributed by atoms with Gasteiger partial charge in [-0.2, -0.15) is 10.1 Å². The highest BCUT2D eigenvalue weighted by Gasteiger charge is 2.36. The molecule has 0 unspecified atom stereocenters. The molecule has 0 aliphatic heterocycles. The van der Waals surface area contributed by atoms with Gasteiger partial charge in [0.15, 0.2) is 10.9 Å². The summed E-state index contributed by atoms with van der Waals surface area (Å²) in [6.45, 7) is 3.90. The number of ketones is 1. The van der Waals surface area contributed by atoms with Gasteiger partial charge < -0.3 is 4.57 Å². The Balaban J connectivity index is 1.36. The first-order valence-electron chi connectivity index (χ1n) is 9.29. The Labute approximate surface area is 160 Å². The average Bonchev–Trinajstić information content (AvgIpc) is 3.56. The molecule has 2 aliphatic rings. The van der Waals surface area contributed by atoms with Crippen molar-refractivity contribution in [3.63, 3.8) is 0 Å². The average molecular weight is 383 g/mol. The van der Waals surface area contributed by atoms with E-state index in [1.54, 1.807) is 0 Å². The molecule has 0 atom stereocenters. The number of aromatic nitrogens is 7. The van der Waals surface area contributed by atoms with E-state index in [0.717, 1.165) is 27.9 Å². The Morgan fingerprint density at radius 1 is 1.26 bits per heavy atom. The molecule has 8 nitrogen and oxygen atoms in total. The van der Waals surface area contributed by atoms with Crippen LogP contribution >= 0.6 is 11.8 Å². The van der Waals surface area contributed by atoms with E-state index in [9.17, 15) is 4.79 Å². The summed E-state index contributed by atoms with van der Waals surface area (Å²) >= 11 is 1.50. The number of nitrogens with one attached hydrogen (secondary N) is 1. The topological polar surface area (TPSA) is 94.3 Å². The highest BCUT2D eigenvalue weighted by molar-refractivity contribution is 7.99. The van der Waals surface area contributed by atoms with E-state index in [1.807, 2.05) is 24.5 Å². The number of carbonyl (C=O) groups excluding carboxylic acids is 1. The van der Waals surface area contributed by atoms with Gasteiger partial charge in [-0.05, 0) is 45.6 Å². The molecule has 3 aromatic heterocycles. The van der Waals surface area contributed by atoms with Gasteiger partial charge in [0.05, 0.1) is 5.75 Å². The molecule has 0 amide bonds. The molecule has 140 valence electrons. The van der Waals surface area contributed by atoms with Gasteiger partial charge in [-0.25, -0.2) is 5.10 Å². The van der Waals surface area contributed by atoms with Gasteiger partial charge in [0.25, 0.3) is 0 Å². The third-order valence-electron chi connectivity index (χ3n) is 5.22. The van der Waals surface area contributed by atoms with Gasteiger partial charge in [0.1, 0.15) is 12.2 Å². The number of Topliss-reactive ketones (excluding diaryl/α,β-unsaturated/α-hetero) is 1. The first kappa shape index (κ1) is 16.7. The Morgan fingerprint density at radius 3 is 2.74 bits per heavy atom. The van der Waals surface area contributed by atoms with Crippen LogP contribution in [0.4, 0.5) is 0 Å². The van der Waals surface area contributed by atoms with Crippen molar-refractivity contribution in [2.24, 2.45) is 0 Å². The smallest absolute Gasteiger partial charge is 0.229 e. The number of aryl methyl sites for hydroxylation is 1. The first-order chi connectivity index (χ1) is 13.1. The number of aromatic amines is 1. The summed E-state index contributed by atoms with van der Waals surface area (Å²) in [4.78, 5) is 17.1. The maximum Gasteiger partial charge on any atom is 0.229 e. The zero-order valence-corrected chi connectivity index (χ0v) is 16.2. The van der Waals surface area contributed by atoms with Crippen LogP contribution in [0.1, 0.15) is 65.2 Å². The van der Waals surface area contributed by atoms with E-state index >= 15 is 0 Å². The first-order valence-corrected chi connectivity index (χ1v) is 10.3. The van der Waals surface area contributed by atoms with Crippen molar-refractivity contribution in [2.75, 3.05) is 5.75 Å². The third-order valence-corrected chi connectivity index (χ3v) is 6.17. The molecule has 5 rings (SSSR count). The van der Waals surface area contributed by atoms with Crippen molar-refractivity contribution in [2.45, 2.75) is 56.6 Å². The second kappa shape index (κ2) is 6.33. The number of hydrogen-bond donors (Lipinski definition) is 1. The van der Waals surface area contributed by atoms with Crippen LogP contribution in [0.3, 0.4) is 0 Å². The summed E-state index contributed by atoms with van der Waals surface area (Å²) in [5.74, 6) is 2.77. The Morgan fingerprint density at radius 2 is 2.07 bits per heavy atom. The van der Waals surface area contributed by atoms with Crippen molar-refractivity contribution in [3.05, 3.63) is 35.2 Å². The molecule has 27 heavy (non-hydrogen) atoms. The number of nitrogens with zero attached hydrogens (tertiary/aromatic N) is 6. The van der Waals surface area contributed by atoms with Crippen molar-refractivity contribution >= 4 is 17.5 Å². The second-order valence-corrected chi connectivity index (χ2v) is 8.30. The molecule has 9 heteroatoms. The Hall–Kier alpha value is -2.42. The summed E-state index contributed by atoms with van der Waals surface area (Å²) in [6, 6.07) is 2.45. The molecular weight excluding hydrogens is 362 g/mol. The highest BCUT2D eigenvalue weighted by atomic mass is 32.2. The van der Waals surface area contributed by atoms with Crippen LogP contribution in [0.5, 0.6) is 0 Å². The van der Waals surface area contributed by atoms with Gasteiger partial charge in [0.2, 0.25) is 5.95 Å². The lowest BCUT2D eigenvalue weighted by atomic mass is 10.2. The van der Waals surface area contributed by atoms with E-state index in [2.05, 4.69) is 29.9 Å². The van der Waals surface area contributed by atoms with Crippen LogP contribution in [0, 0.1) is 13.8 Å². The molecule has 2 saturated carbocycles. The van der Waals surface area contributed by atoms with Crippen molar-refractivity contribution in [1.82, 2.24) is 34.5 Å². The minimum atomic E-state index is 0.0946. The van der Waals surface area contributed by atoms with E-state index in [0.29, 0.717) is 23.7 Å². The molecule has 0 saturated heterocycles. The van der Waals surface area contributed by atoms with Crippen molar-refractivity contribution in [3.8, 4) is 5.95 Å². The number of rotatable bonds is 7. The van der Waals surface area contributed by atoms with Crippen LogP contribution < -0.4 is 0 Å². The molecule has 0 radical (unpaired) electrons. The standard InChI is InChI=1S/C18H21N7OS/c1-10-7-14(11(2)24(10)17-19-9-20-22-17)15(26)8-27-18-23-21-16(12-3-4-12)25(18)13-5-6-13/h7,9,12-13H,3-6,8H2,1-2H3,(H,19,20,22). The predicted octanol–water partition coefficient (Wildman–Crippen LogP) is 2.99. The largest absolute Gasteiger partial charge is 0.303 e. The highest BCUT2D eigenvalue weighted by Crippen LogP contribution is 2.46. The summed E-state index contributed by atoms with van der Waals surface area (Å²) in [5.41, 5.74) is 2.54. The maximum absolute atomic E-state index is 12.9. The lowest BCUT2D eigenvalue weighted by Crippen LogP contribution is -2.08. The van der Waals surface area contributed by atoms with E-state index in [-0.39, 0.29) is 5.78 Å². The van der Waals surface area contributed by atoms with E-state index < -0.39 is 0 Å². The Bertz CT molecular complexity index is 996. The van der Waals surface area contributed by atoms with Gasteiger partial charge in [-0.3, -0.25) is 9.36 Å². The summed E-state index contributed by atoms with van der Waals surface area (Å²) in [6.07, 6.45) is 6.27. The van der Waals surface area contributed by atoms with Gasteiger partial charge in [-0.15, -0.1) is 10.2 Å². The summed E-state index contributed by atoms with van der Waals surface area (Å²) in [5, 5.41) is 16.4. The van der Waals surface area contributed by atoms with Gasteiger partial charge in [0, 0.05) is 28.9 Å². The van der Waals surface area contributed by atoms with Gasteiger partial charge >= 0.3 is 0 Å². The molecule has 2 fully saturated rings. The fraction of sp³-hybridized carbons (Fsp3) is 0.500. The minimum Gasteiger partial charge on any atom is -0.303 e. The molecule has 0 spiro atoms. The van der Waals surface area contributed by atoms with Crippen LogP contribution in [0.15, 0.2) is 17.6 Å². The Kier molecular flexibility index (Phi) is 3.92. The fourth-order valence-electron chi connectivity index (χ4n) is 3.57. The van der Waals surface area contributed by atoms with Gasteiger partial charge in [-0.1, -0.05) is 11.8 Å². The van der Waals surface area contributed by atoms with Crippen molar-refractivity contribution in [1.29, 1.82) is 0 Å². The molecule has 2 aliphatic carbocycles. The molecule has 0 bridgehead atoms.